The Bertz CT molecular complexity index is 1120. The number of ether oxygens (including phenoxy) is 1. The first-order valence-electron chi connectivity index (χ1n) is 9.87. The van der Waals surface area contributed by atoms with E-state index < -0.39 is 29.8 Å². The Kier molecular flexibility index (Phi) is 4.67. The summed E-state index contributed by atoms with van der Waals surface area (Å²) in [6.07, 6.45) is -0.968. The topological polar surface area (TPSA) is 59.1 Å². The van der Waals surface area contributed by atoms with Crippen LogP contribution in [0.2, 0.25) is 0 Å². The fourth-order valence-corrected chi connectivity index (χ4v) is 4.20. The molecule has 2 aliphatic rings. The van der Waals surface area contributed by atoms with Crippen molar-refractivity contribution in [3.8, 4) is 5.75 Å². The predicted octanol–water partition coefficient (Wildman–Crippen LogP) is 3.89. The van der Waals surface area contributed by atoms with Crippen molar-refractivity contribution in [2.75, 3.05) is 17.1 Å². The summed E-state index contributed by atoms with van der Waals surface area (Å²) in [5.41, 5.74) is 1.89. The van der Waals surface area contributed by atoms with Crippen molar-refractivity contribution in [2.45, 2.75) is 12.1 Å². The molecule has 7 heteroatoms. The lowest BCUT2D eigenvalue weighted by atomic mass is 9.90. The van der Waals surface area contributed by atoms with Gasteiger partial charge in [-0.1, -0.05) is 30.3 Å². The van der Waals surface area contributed by atoms with E-state index in [1.165, 1.54) is 24.3 Å². The van der Waals surface area contributed by atoms with Crippen molar-refractivity contribution in [1.29, 1.82) is 0 Å². The minimum atomic E-state index is -0.968. The van der Waals surface area contributed by atoms with Gasteiger partial charge in [-0.2, -0.15) is 0 Å². The number of hydroxylamine groups is 1. The fraction of sp³-hybridized carbons (Fsp3) is 0.167. The van der Waals surface area contributed by atoms with Crippen molar-refractivity contribution in [3.05, 3.63) is 90.2 Å². The fourth-order valence-electron chi connectivity index (χ4n) is 4.20. The molecule has 2 fully saturated rings. The van der Waals surface area contributed by atoms with Gasteiger partial charge in [0.15, 0.2) is 6.10 Å². The number of fused-ring (bicyclic) bond motifs is 1. The second-order valence-electron chi connectivity index (χ2n) is 7.42. The molecule has 2 saturated heterocycles. The van der Waals surface area contributed by atoms with Gasteiger partial charge in [-0.25, -0.2) is 14.4 Å². The highest BCUT2D eigenvalue weighted by Gasteiger charge is 2.60. The summed E-state index contributed by atoms with van der Waals surface area (Å²) in [5, 5.41) is 1.63. The molecular weight excluding hydrogens is 399 g/mol. The van der Waals surface area contributed by atoms with Gasteiger partial charge in [0.1, 0.15) is 17.5 Å². The van der Waals surface area contributed by atoms with Crippen molar-refractivity contribution in [3.63, 3.8) is 0 Å². The number of carbonyl (C=O) groups excluding carboxylic acids is 2. The van der Waals surface area contributed by atoms with Gasteiger partial charge in [-0.3, -0.25) is 14.4 Å². The molecule has 3 aromatic carbocycles. The summed E-state index contributed by atoms with van der Waals surface area (Å²) in [6.45, 7) is 0. The van der Waals surface area contributed by atoms with Crippen LogP contribution in [0.15, 0.2) is 78.9 Å². The van der Waals surface area contributed by atoms with Crippen LogP contribution >= 0.6 is 0 Å². The van der Waals surface area contributed by atoms with E-state index in [-0.39, 0.29) is 5.91 Å². The van der Waals surface area contributed by atoms with Crippen molar-refractivity contribution in [2.24, 2.45) is 5.92 Å². The number of amides is 2. The Morgan fingerprint density at radius 1 is 0.839 bits per heavy atom. The summed E-state index contributed by atoms with van der Waals surface area (Å²) in [6, 6.07) is 21.5. The molecule has 0 aliphatic carbocycles. The number of para-hydroxylation sites is 1. The van der Waals surface area contributed by atoms with Crippen molar-refractivity contribution in [1.82, 2.24) is 0 Å². The molecule has 156 valence electrons. The Morgan fingerprint density at radius 2 is 1.52 bits per heavy atom. The Labute approximate surface area is 178 Å². The number of halogens is 1. The van der Waals surface area contributed by atoms with E-state index in [1.54, 1.807) is 12.2 Å². The molecule has 3 atom stereocenters. The Balaban J connectivity index is 1.57. The van der Waals surface area contributed by atoms with Gasteiger partial charge in [0.25, 0.3) is 5.91 Å². The van der Waals surface area contributed by atoms with E-state index in [0.717, 1.165) is 16.2 Å². The molecule has 3 aromatic rings. The Hall–Kier alpha value is -3.71. The molecule has 0 spiro atoms. The highest BCUT2D eigenvalue weighted by molar-refractivity contribution is 6.23. The van der Waals surface area contributed by atoms with Crippen molar-refractivity contribution < 1.29 is 23.6 Å². The maximum absolute atomic E-state index is 13.4. The maximum atomic E-state index is 13.4. The zero-order chi connectivity index (χ0) is 21.5. The van der Waals surface area contributed by atoms with Gasteiger partial charge >= 0.3 is 0 Å². The summed E-state index contributed by atoms with van der Waals surface area (Å²) in [5.74, 6) is -1.33. The van der Waals surface area contributed by atoms with Crippen LogP contribution in [0.3, 0.4) is 0 Å². The molecule has 0 saturated carbocycles. The predicted molar refractivity (Wildman–Crippen MR) is 112 cm³/mol. The third kappa shape index (κ3) is 3.14. The zero-order valence-electron chi connectivity index (χ0n) is 16.6. The van der Waals surface area contributed by atoms with E-state index in [9.17, 15) is 14.0 Å². The molecule has 6 nitrogen and oxygen atoms in total. The normalized spacial score (nSPS) is 22.7. The number of hydrogen-bond donors (Lipinski definition) is 0. The molecule has 2 aliphatic heterocycles. The van der Waals surface area contributed by atoms with Crippen LogP contribution in [0.1, 0.15) is 11.6 Å². The van der Waals surface area contributed by atoms with Crippen molar-refractivity contribution >= 4 is 23.2 Å². The highest BCUT2D eigenvalue weighted by atomic mass is 19.1. The molecule has 31 heavy (non-hydrogen) atoms. The lowest BCUT2D eigenvalue weighted by molar-refractivity contribution is -0.126. The van der Waals surface area contributed by atoms with Crippen LogP contribution in [0.25, 0.3) is 0 Å². The number of rotatable bonds is 4. The summed E-state index contributed by atoms with van der Waals surface area (Å²) in [4.78, 5) is 33.8. The third-order valence-corrected chi connectivity index (χ3v) is 5.67. The van der Waals surface area contributed by atoms with Crippen LogP contribution < -0.4 is 14.7 Å². The summed E-state index contributed by atoms with van der Waals surface area (Å²) in [7, 11) is 1.58. The van der Waals surface area contributed by atoms with Crippen LogP contribution in [-0.2, 0) is 14.4 Å². The average Bonchev–Trinajstić information content (AvgIpc) is 3.31. The minimum Gasteiger partial charge on any atom is -0.497 e. The summed E-state index contributed by atoms with van der Waals surface area (Å²) >= 11 is 0. The quantitative estimate of drug-likeness (QED) is 0.602. The average molecular weight is 418 g/mol. The molecule has 5 rings (SSSR count). The molecule has 0 N–H and O–H groups in total. The number of hydrogen-bond acceptors (Lipinski definition) is 5. The lowest BCUT2D eigenvalue weighted by Gasteiger charge is -2.28. The van der Waals surface area contributed by atoms with Gasteiger partial charge in [-0.15, -0.1) is 0 Å². The van der Waals surface area contributed by atoms with Gasteiger partial charge in [0.2, 0.25) is 5.91 Å². The minimum absolute atomic E-state index is 0.328. The molecule has 0 radical (unpaired) electrons. The molecule has 2 amide bonds. The van der Waals surface area contributed by atoms with E-state index in [1.807, 2.05) is 54.6 Å². The Morgan fingerprint density at radius 3 is 2.16 bits per heavy atom. The molecule has 0 unspecified atom stereocenters. The first-order valence-corrected chi connectivity index (χ1v) is 9.87. The van der Waals surface area contributed by atoms with E-state index in [0.29, 0.717) is 11.4 Å². The lowest BCUT2D eigenvalue weighted by Crippen LogP contribution is -2.37. The SMILES string of the molecule is COc1ccc([C@H]2[C@@H]3C(=O)N(c4ccc(F)cc4)C(=O)[C@H]3ON2c2ccccc2)cc1. The van der Waals surface area contributed by atoms with Gasteiger partial charge in [0, 0.05) is 0 Å². The number of anilines is 2. The number of benzene rings is 3. The largest absolute Gasteiger partial charge is 0.497 e. The van der Waals surface area contributed by atoms with Gasteiger partial charge in [0.05, 0.1) is 24.5 Å². The van der Waals surface area contributed by atoms with Gasteiger partial charge < -0.3 is 4.74 Å². The smallest absolute Gasteiger partial charge is 0.266 e. The second-order valence-corrected chi connectivity index (χ2v) is 7.42. The molecule has 2 heterocycles. The maximum Gasteiger partial charge on any atom is 0.266 e. The first kappa shape index (κ1) is 19.3. The number of imide groups is 1. The monoisotopic (exact) mass is 418 g/mol. The highest BCUT2D eigenvalue weighted by Crippen LogP contribution is 2.47. The zero-order valence-corrected chi connectivity index (χ0v) is 16.6. The standard InChI is InChI=1S/C24H19FN2O4/c1-30-19-13-7-15(8-14-19)21-20-22(31-27(21)18-5-3-2-4-6-18)24(29)26(23(20)28)17-11-9-16(25)10-12-17/h2-14,20-22H,1H3/t20-,21-,22-/m0/s1. The van der Waals surface area contributed by atoms with Crippen LogP contribution in [0, 0.1) is 11.7 Å². The van der Waals surface area contributed by atoms with Gasteiger partial charge in [-0.05, 0) is 54.1 Å². The number of nitrogens with zero attached hydrogens (tertiary/aromatic N) is 2. The van der Waals surface area contributed by atoms with E-state index in [4.69, 9.17) is 9.57 Å². The second kappa shape index (κ2) is 7.52. The van der Waals surface area contributed by atoms with Crippen LogP contribution in [0.4, 0.5) is 15.8 Å². The molecule has 0 aromatic heterocycles. The third-order valence-electron chi connectivity index (χ3n) is 5.67. The van der Waals surface area contributed by atoms with Crippen LogP contribution in [0.5, 0.6) is 5.75 Å². The van der Waals surface area contributed by atoms with E-state index in [2.05, 4.69) is 0 Å². The van der Waals surface area contributed by atoms with Crippen LogP contribution in [-0.4, -0.2) is 25.0 Å². The number of carbonyl (C=O) groups is 2. The first-order chi connectivity index (χ1) is 15.1. The molecule has 0 bridgehead atoms. The van der Waals surface area contributed by atoms with E-state index >= 15 is 0 Å². The molecular formula is C24H19FN2O4. The summed E-state index contributed by atoms with van der Waals surface area (Å²) < 4.78 is 18.6. The number of methoxy groups -OCH3 is 1.